The van der Waals surface area contributed by atoms with Gasteiger partial charge in [-0.2, -0.15) is 0 Å². The highest BCUT2D eigenvalue weighted by molar-refractivity contribution is 14.1. The number of hydrogen-bond acceptors (Lipinski definition) is 4. The molecule has 1 aliphatic heterocycles. The number of rotatable bonds is 12. The summed E-state index contributed by atoms with van der Waals surface area (Å²) < 4.78 is 0.942. The van der Waals surface area contributed by atoms with Crippen molar-refractivity contribution in [1.29, 1.82) is 0 Å². The van der Waals surface area contributed by atoms with Gasteiger partial charge in [0.1, 0.15) is 0 Å². The summed E-state index contributed by atoms with van der Waals surface area (Å²) in [6.07, 6.45) is 2.09. The molecule has 3 aromatic rings. The average Bonchev–Trinajstić information content (AvgIpc) is 3.16. The Morgan fingerprint density at radius 1 is 1.02 bits per heavy atom. The minimum absolute atomic E-state index is 0.0289. The van der Waals surface area contributed by atoms with E-state index in [-0.39, 0.29) is 35.8 Å². The van der Waals surface area contributed by atoms with Crippen LogP contribution in [0.5, 0.6) is 0 Å². The third-order valence-electron chi connectivity index (χ3n) is 7.97. The van der Waals surface area contributed by atoms with Gasteiger partial charge in [-0.15, -0.1) is 0 Å². The summed E-state index contributed by atoms with van der Waals surface area (Å²) >= 11 is 2.35. The Kier molecular flexibility index (Phi) is 12.2. The van der Waals surface area contributed by atoms with Crippen molar-refractivity contribution < 1.29 is 14.4 Å². The van der Waals surface area contributed by atoms with Crippen LogP contribution in [0.2, 0.25) is 0 Å². The van der Waals surface area contributed by atoms with Crippen molar-refractivity contribution in [2.45, 2.75) is 68.5 Å². The average molecular weight is 698 g/mol. The molecule has 0 aromatic heterocycles. The van der Waals surface area contributed by atoms with Crippen molar-refractivity contribution in [1.82, 2.24) is 26.2 Å². The SMILES string of the molecule is CC[C@H](CN1CC[C@@H](CNC(=O)c2ccc3cc(CI)ccc3c2)N[C@@H](CCNC(=O)NC(C)C)C1=O)c1ccccc1. The highest BCUT2D eigenvalue weighted by Crippen LogP contribution is 2.23. The molecule has 3 atom stereocenters. The first kappa shape index (κ1) is 32.7. The lowest BCUT2D eigenvalue weighted by molar-refractivity contribution is -0.133. The smallest absolute Gasteiger partial charge is 0.314 e. The number of nitrogens with zero attached hydrogens (tertiary/aromatic N) is 1. The molecule has 3 aromatic carbocycles. The van der Waals surface area contributed by atoms with Gasteiger partial charge in [0.15, 0.2) is 0 Å². The number of urea groups is 1. The van der Waals surface area contributed by atoms with Crippen LogP contribution >= 0.6 is 22.6 Å². The van der Waals surface area contributed by atoms with Gasteiger partial charge in [-0.05, 0) is 67.1 Å². The lowest BCUT2D eigenvalue weighted by atomic mass is 9.95. The molecule has 4 N–H and O–H groups in total. The van der Waals surface area contributed by atoms with E-state index in [2.05, 4.69) is 81.1 Å². The van der Waals surface area contributed by atoms with E-state index in [0.29, 0.717) is 44.6 Å². The summed E-state index contributed by atoms with van der Waals surface area (Å²) in [4.78, 5) is 41.1. The lowest BCUT2D eigenvalue weighted by Gasteiger charge is -2.28. The zero-order valence-corrected chi connectivity index (χ0v) is 27.5. The number of halogens is 1. The summed E-state index contributed by atoms with van der Waals surface area (Å²) in [5.41, 5.74) is 3.10. The first-order chi connectivity index (χ1) is 20.8. The Labute approximate surface area is 268 Å². The highest BCUT2D eigenvalue weighted by atomic mass is 127. The molecule has 0 radical (unpaired) electrons. The predicted molar refractivity (Wildman–Crippen MR) is 182 cm³/mol. The fourth-order valence-corrected chi connectivity index (χ4v) is 6.05. The third-order valence-corrected chi connectivity index (χ3v) is 8.85. The van der Waals surface area contributed by atoms with Gasteiger partial charge >= 0.3 is 6.03 Å². The topological polar surface area (TPSA) is 103 Å². The zero-order valence-electron chi connectivity index (χ0n) is 25.4. The molecule has 1 heterocycles. The molecule has 0 saturated carbocycles. The molecule has 1 fully saturated rings. The van der Waals surface area contributed by atoms with Gasteiger partial charge in [0, 0.05) is 54.2 Å². The van der Waals surface area contributed by atoms with E-state index in [4.69, 9.17) is 0 Å². The number of amides is 4. The number of benzene rings is 3. The van der Waals surface area contributed by atoms with E-state index in [1.165, 1.54) is 11.1 Å². The summed E-state index contributed by atoms with van der Waals surface area (Å²) in [5, 5.41) is 14.5. The fraction of sp³-hybridized carbons (Fsp3) is 0.441. The second-order valence-corrected chi connectivity index (χ2v) is 12.4. The molecule has 1 saturated heterocycles. The molecule has 230 valence electrons. The Morgan fingerprint density at radius 2 is 1.77 bits per heavy atom. The number of alkyl halides is 1. The van der Waals surface area contributed by atoms with Gasteiger partial charge in [-0.1, -0.05) is 84.1 Å². The van der Waals surface area contributed by atoms with E-state index in [1.54, 1.807) is 0 Å². The maximum absolute atomic E-state index is 13.8. The molecular formula is C34H44IN5O3. The van der Waals surface area contributed by atoms with E-state index >= 15 is 0 Å². The molecule has 0 unspecified atom stereocenters. The molecule has 43 heavy (non-hydrogen) atoms. The van der Waals surface area contributed by atoms with E-state index in [1.807, 2.05) is 55.1 Å². The van der Waals surface area contributed by atoms with Crippen LogP contribution in [0.1, 0.15) is 67.4 Å². The van der Waals surface area contributed by atoms with Crippen LogP contribution in [-0.4, -0.2) is 67.0 Å². The molecular weight excluding hydrogens is 653 g/mol. The molecule has 4 amide bonds. The molecule has 9 heteroatoms. The Morgan fingerprint density at radius 3 is 2.49 bits per heavy atom. The first-order valence-electron chi connectivity index (χ1n) is 15.3. The van der Waals surface area contributed by atoms with Crippen LogP contribution in [-0.2, 0) is 9.22 Å². The second kappa shape index (κ2) is 16.0. The molecule has 0 bridgehead atoms. The van der Waals surface area contributed by atoms with Crippen molar-refractivity contribution in [3.05, 3.63) is 83.4 Å². The van der Waals surface area contributed by atoms with E-state index in [0.717, 1.165) is 21.6 Å². The molecule has 0 spiro atoms. The van der Waals surface area contributed by atoms with Crippen LogP contribution in [0.15, 0.2) is 66.7 Å². The number of fused-ring (bicyclic) bond motifs is 1. The van der Waals surface area contributed by atoms with Crippen molar-refractivity contribution in [3.8, 4) is 0 Å². The van der Waals surface area contributed by atoms with Crippen LogP contribution in [0, 0.1) is 0 Å². The largest absolute Gasteiger partial charge is 0.350 e. The Balaban J connectivity index is 1.43. The minimum atomic E-state index is -0.468. The Hall–Kier alpha value is -3.18. The van der Waals surface area contributed by atoms with Crippen LogP contribution < -0.4 is 21.3 Å². The monoisotopic (exact) mass is 697 g/mol. The molecule has 8 nitrogen and oxygen atoms in total. The maximum atomic E-state index is 13.8. The van der Waals surface area contributed by atoms with Crippen molar-refractivity contribution in [2.24, 2.45) is 0 Å². The van der Waals surface area contributed by atoms with Crippen LogP contribution in [0.4, 0.5) is 4.79 Å². The van der Waals surface area contributed by atoms with Crippen molar-refractivity contribution >= 4 is 51.2 Å². The normalized spacial score (nSPS) is 17.9. The van der Waals surface area contributed by atoms with Crippen LogP contribution in [0.25, 0.3) is 10.8 Å². The molecule has 4 rings (SSSR count). The predicted octanol–water partition coefficient (Wildman–Crippen LogP) is 5.36. The van der Waals surface area contributed by atoms with Gasteiger partial charge < -0.3 is 26.2 Å². The third kappa shape index (κ3) is 9.40. The van der Waals surface area contributed by atoms with E-state index < -0.39 is 6.04 Å². The first-order valence-corrected chi connectivity index (χ1v) is 16.8. The van der Waals surface area contributed by atoms with Crippen molar-refractivity contribution in [2.75, 3.05) is 26.2 Å². The van der Waals surface area contributed by atoms with Crippen molar-refractivity contribution in [3.63, 3.8) is 0 Å². The fourth-order valence-electron chi connectivity index (χ4n) is 5.57. The van der Waals surface area contributed by atoms with Gasteiger partial charge in [-0.3, -0.25) is 9.59 Å². The summed E-state index contributed by atoms with van der Waals surface area (Å²) in [6, 6.07) is 21.7. The standard InChI is InChI=1S/C34H44IN5O3/c1-4-25(26-8-6-5-7-9-26)22-40-17-15-30(39-31(33(40)42)14-16-36-34(43)38-23(2)3)21-37-32(41)29-13-12-27-18-24(20-35)10-11-28(27)19-29/h5-13,18-19,23,25,30-31,39H,4,14-17,20-22H2,1-3H3,(H,37,41)(H2,36,38,43)/t25-,30+,31+/m1/s1. The zero-order chi connectivity index (χ0) is 30.8. The Bertz CT molecular complexity index is 1380. The number of carbonyl (C=O) groups is 3. The van der Waals surface area contributed by atoms with Gasteiger partial charge in [0.2, 0.25) is 5.91 Å². The number of nitrogens with one attached hydrogen (secondary N) is 4. The second-order valence-electron chi connectivity index (χ2n) is 11.6. The highest BCUT2D eigenvalue weighted by Gasteiger charge is 2.32. The molecule has 1 aliphatic rings. The van der Waals surface area contributed by atoms with Gasteiger partial charge in [0.05, 0.1) is 6.04 Å². The number of carbonyl (C=O) groups excluding carboxylic acids is 3. The van der Waals surface area contributed by atoms with Gasteiger partial charge in [-0.25, -0.2) is 4.79 Å². The van der Waals surface area contributed by atoms with Gasteiger partial charge in [0.25, 0.3) is 5.91 Å². The minimum Gasteiger partial charge on any atom is -0.350 e. The summed E-state index contributed by atoms with van der Waals surface area (Å²) in [6.45, 7) is 7.96. The maximum Gasteiger partial charge on any atom is 0.314 e. The van der Waals surface area contributed by atoms with E-state index in [9.17, 15) is 14.4 Å². The molecule has 0 aliphatic carbocycles. The quantitative estimate of drug-likeness (QED) is 0.151. The van der Waals surface area contributed by atoms with Crippen LogP contribution in [0.3, 0.4) is 0 Å². The summed E-state index contributed by atoms with van der Waals surface area (Å²) in [5.74, 6) is 0.139. The summed E-state index contributed by atoms with van der Waals surface area (Å²) in [7, 11) is 0. The number of hydrogen-bond donors (Lipinski definition) is 4. The lowest BCUT2D eigenvalue weighted by Crippen LogP contribution is -2.50.